The van der Waals surface area contributed by atoms with Crippen molar-refractivity contribution in [2.75, 3.05) is 18.0 Å². The molecule has 1 aromatic rings. The Balaban J connectivity index is 1.98. The van der Waals surface area contributed by atoms with Crippen LogP contribution in [0, 0.1) is 0 Å². The number of thioether (sulfide) groups is 1. The summed E-state index contributed by atoms with van der Waals surface area (Å²) in [5.74, 6) is 1.08. The number of ether oxygens (including phenoxy) is 1. The number of para-hydroxylation sites is 1. The van der Waals surface area contributed by atoms with Gasteiger partial charge in [0.1, 0.15) is 5.60 Å². The van der Waals surface area contributed by atoms with Crippen molar-refractivity contribution >= 4 is 23.5 Å². The summed E-state index contributed by atoms with van der Waals surface area (Å²) in [5, 5.41) is 2.78. The fourth-order valence-corrected chi connectivity index (χ4v) is 2.86. The third kappa shape index (κ3) is 8.82. The zero-order valence-electron chi connectivity index (χ0n) is 13.9. The lowest BCUT2D eigenvalue weighted by molar-refractivity contribution is 0.0527. The van der Waals surface area contributed by atoms with Crippen LogP contribution in [-0.2, 0) is 4.74 Å². The number of alkyl carbamates (subject to hydrolysis) is 1. The summed E-state index contributed by atoms with van der Waals surface area (Å²) in [5.41, 5.74) is 6.33. The number of hydrogen-bond acceptors (Lipinski definition) is 4. The fraction of sp³-hybridized carbons (Fsp3) is 0.588. The van der Waals surface area contributed by atoms with Gasteiger partial charge < -0.3 is 15.8 Å². The maximum atomic E-state index is 11.4. The molecule has 0 saturated carbocycles. The summed E-state index contributed by atoms with van der Waals surface area (Å²) in [4.78, 5) is 12.6. The summed E-state index contributed by atoms with van der Waals surface area (Å²) >= 11 is 1.81. The molecule has 0 fully saturated rings. The Morgan fingerprint density at radius 1 is 1.18 bits per heavy atom. The van der Waals surface area contributed by atoms with Crippen LogP contribution in [0.3, 0.4) is 0 Å². The molecule has 1 aromatic carbocycles. The first-order chi connectivity index (χ1) is 10.4. The summed E-state index contributed by atoms with van der Waals surface area (Å²) in [6.45, 7) is 6.27. The second-order valence-corrected chi connectivity index (χ2v) is 7.37. The maximum Gasteiger partial charge on any atom is 0.407 e. The van der Waals surface area contributed by atoms with Crippen LogP contribution in [0.5, 0.6) is 0 Å². The van der Waals surface area contributed by atoms with Gasteiger partial charge in [0.2, 0.25) is 0 Å². The number of nitrogens with one attached hydrogen (secondary N) is 1. The Labute approximate surface area is 138 Å². The van der Waals surface area contributed by atoms with E-state index in [9.17, 15) is 4.79 Å². The van der Waals surface area contributed by atoms with E-state index in [4.69, 9.17) is 10.5 Å². The molecule has 1 amide bonds. The van der Waals surface area contributed by atoms with Crippen molar-refractivity contribution in [1.82, 2.24) is 5.32 Å². The van der Waals surface area contributed by atoms with Crippen LogP contribution in [0.25, 0.3) is 0 Å². The van der Waals surface area contributed by atoms with Gasteiger partial charge in [-0.2, -0.15) is 0 Å². The lowest BCUT2D eigenvalue weighted by atomic mass is 10.2. The van der Waals surface area contributed by atoms with Crippen molar-refractivity contribution in [3.63, 3.8) is 0 Å². The zero-order valence-corrected chi connectivity index (χ0v) is 14.7. The van der Waals surface area contributed by atoms with Crippen LogP contribution >= 0.6 is 11.8 Å². The third-order valence-corrected chi connectivity index (χ3v) is 4.09. The van der Waals surface area contributed by atoms with Gasteiger partial charge in [0, 0.05) is 17.1 Å². The molecule has 5 heteroatoms. The molecule has 0 saturated heterocycles. The van der Waals surface area contributed by atoms with E-state index >= 15 is 0 Å². The highest BCUT2D eigenvalue weighted by Gasteiger charge is 2.15. The number of amides is 1. The number of nitrogens with two attached hydrogens (primary N) is 1. The lowest BCUT2D eigenvalue weighted by Gasteiger charge is -2.19. The predicted octanol–water partition coefficient (Wildman–Crippen LogP) is 4.45. The number of benzene rings is 1. The standard InChI is InChI=1S/C17H28N2O2S/c1-17(2,3)21-16(20)19-12-8-4-5-9-13-22-15-11-7-6-10-14(15)18/h6-7,10-11H,4-5,8-9,12-13,18H2,1-3H3,(H,19,20). The molecule has 4 nitrogen and oxygen atoms in total. The quantitative estimate of drug-likeness (QED) is 0.421. The van der Waals surface area contributed by atoms with Crippen molar-refractivity contribution in [3.05, 3.63) is 24.3 Å². The van der Waals surface area contributed by atoms with Gasteiger partial charge in [0.15, 0.2) is 0 Å². The van der Waals surface area contributed by atoms with E-state index in [1.165, 1.54) is 0 Å². The van der Waals surface area contributed by atoms with Crippen molar-refractivity contribution in [2.45, 2.75) is 57.0 Å². The van der Waals surface area contributed by atoms with Gasteiger partial charge >= 0.3 is 6.09 Å². The van der Waals surface area contributed by atoms with E-state index in [0.717, 1.165) is 42.0 Å². The highest BCUT2D eigenvalue weighted by Crippen LogP contribution is 2.25. The minimum absolute atomic E-state index is 0.331. The van der Waals surface area contributed by atoms with E-state index in [2.05, 4.69) is 11.4 Å². The Hall–Kier alpha value is -1.36. The van der Waals surface area contributed by atoms with Gasteiger partial charge in [-0.15, -0.1) is 11.8 Å². The van der Waals surface area contributed by atoms with Crippen LogP contribution in [0.1, 0.15) is 46.5 Å². The predicted molar refractivity (Wildman–Crippen MR) is 94.3 cm³/mol. The smallest absolute Gasteiger partial charge is 0.407 e. The number of carbonyl (C=O) groups is 1. The average Bonchev–Trinajstić information content (AvgIpc) is 2.41. The molecule has 0 heterocycles. The molecule has 0 aliphatic heterocycles. The number of hydrogen-bond donors (Lipinski definition) is 2. The molecule has 0 spiro atoms. The normalized spacial score (nSPS) is 11.2. The average molecular weight is 324 g/mol. The molecular formula is C17H28N2O2S. The molecule has 0 unspecified atom stereocenters. The van der Waals surface area contributed by atoms with Crippen LogP contribution in [0.4, 0.5) is 10.5 Å². The van der Waals surface area contributed by atoms with Crippen LogP contribution in [0.15, 0.2) is 29.2 Å². The highest BCUT2D eigenvalue weighted by atomic mass is 32.2. The Kier molecular flexibility index (Phi) is 8.17. The Morgan fingerprint density at radius 2 is 1.86 bits per heavy atom. The second-order valence-electron chi connectivity index (χ2n) is 6.23. The molecule has 0 aliphatic rings. The van der Waals surface area contributed by atoms with E-state index in [1.54, 1.807) is 0 Å². The minimum atomic E-state index is -0.430. The summed E-state index contributed by atoms with van der Waals surface area (Å²) in [7, 11) is 0. The van der Waals surface area contributed by atoms with Crippen LogP contribution in [-0.4, -0.2) is 24.0 Å². The van der Waals surface area contributed by atoms with Gasteiger partial charge in [-0.05, 0) is 51.5 Å². The topological polar surface area (TPSA) is 64.3 Å². The van der Waals surface area contributed by atoms with E-state index in [1.807, 2.05) is 50.7 Å². The Bertz CT molecular complexity index is 458. The number of rotatable bonds is 8. The van der Waals surface area contributed by atoms with Crippen molar-refractivity contribution in [2.24, 2.45) is 0 Å². The molecule has 1 rings (SSSR count). The fourth-order valence-electron chi connectivity index (χ4n) is 1.88. The first kappa shape index (κ1) is 18.7. The molecular weight excluding hydrogens is 296 g/mol. The van der Waals surface area contributed by atoms with Crippen molar-refractivity contribution in [1.29, 1.82) is 0 Å². The van der Waals surface area contributed by atoms with Gasteiger partial charge in [0.25, 0.3) is 0 Å². The molecule has 124 valence electrons. The van der Waals surface area contributed by atoms with Gasteiger partial charge in [-0.3, -0.25) is 0 Å². The van der Waals surface area contributed by atoms with Crippen LogP contribution < -0.4 is 11.1 Å². The van der Waals surface area contributed by atoms with Gasteiger partial charge in [-0.25, -0.2) is 4.79 Å². The van der Waals surface area contributed by atoms with Crippen LogP contribution in [0.2, 0.25) is 0 Å². The molecule has 0 radical (unpaired) electrons. The zero-order chi connectivity index (χ0) is 16.4. The third-order valence-electron chi connectivity index (χ3n) is 2.92. The molecule has 0 aliphatic carbocycles. The van der Waals surface area contributed by atoms with Gasteiger partial charge in [-0.1, -0.05) is 25.0 Å². The number of carbonyl (C=O) groups excluding carboxylic acids is 1. The SMILES string of the molecule is CC(C)(C)OC(=O)NCCCCCCSc1ccccc1N. The molecule has 0 aromatic heterocycles. The number of nitrogen functional groups attached to an aromatic ring is 1. The highest BCUT2D eigenvalue weighted by molar-refractivity contribution is 7.99. The first-order valence-electron chi connectivity index (χ1n) is 7.82. The maximum absolute atomic E-state index is 11.4. The Morgan fingerprint density at radius 3 is 2.55 bits per heavy atom. The van der Waals surface area contributed by atoms with E-state index in [0.29, 0.717) is 6.54 Å². The van der Waals surface area contributed by atoms with E-state index in [-0.39, 0.29) is 6.09 Å². The number of unbranched alkanes of at least 4 members (excludes halogenated alkanes) is 3. The molecule has 22 heavy (non-hydrogen) atoms. The summed E-state index contributed by atoms with van der Waals surface area (Å²) in [6.07, 6.45) is 4.08. The largest absolute Gasteiger partial charge is 0.444 e. The van der Waals surface area contributed by atoms with E-state index < -0.39 is 5.60 Å². The number of anilines is 1. The first-order valence-corrected chi connectivity index (χ1v) is 8.81. The second kappa shape index (κ2) is 9.62. The molecule has 0 bridgehead atoms. The van der Waals surface area contributed by atoms with Gasteiger partial charge in [0.05, 0.1) is 0 Å². The molecule has 3 N–H and O–H groups in total. The lowest BCUT2D eigenvalue weighted by Crippen LogP contribution is -2.32. The monoisotopic (exact) mass is 324 g/mol. The molecule has 0 atom stereocenters. The minimum Gasteiger partial charge on any atom is -0.444 e. The van der Waals surface area contributed by atoms with Crippen molar-refractivity contribution < 1.29 is 9.53 Å². The summed E-state index contributed by atoms with van der Waals surface area (Å²) < 4.78 is 5.18. The van der Waals surface area contributed by atoms with Crippen molar-refractivity contribution in [3.8, 4) is 0 Å². The summed E-state index contributed by atoms with van der Waals surface area (Å²) in [6, 6.07) is 7.97.